The molecule has 7 heteroatoms. The van der Waals surface area contributed by atoms with E-state index in [2.05, 4.69) is 15.6 Å². The first-order valence-electron chi connectivity index (χ1n) is 8.72. The van der Waals surface area contributed by atoms with Crippen LogP contribution in [0.5, 0.6) is 0 Å². The number of hydrogen-bond acceptors (Lipinski definition) is 5. The Hall–Kier alpha value is -2.31. The van der Waals surface area contributed by atoms with Crippen molar-refractivity contribution in [3.63, 3.8) is 0 Å². The summed E-state index contributed by atoms with van der Waals surface area (Å²) in [5.41, 5.74) is 0.348. The molecule has 0 aromatic carbocycles. The highest BCUT2D eigenvalue weighted by Gasteiger charge is 2.21. The number of anilines is 2. The lowest BCUT2D eigenvalue weighted by atomic mass is 10.2. The second kappa shape index (κ2) is 8.18. The number of alkyl carbamates (subject to hydrolysis) is 1. The number of pyridine rings is 1. The van der Waals surface area contributed by atoms with Crippen molar-refractivity contribution in [2.24, 2.45) is 5.92 Å². The molecule has 2 amide bonds. The highest BCUT2D eigenvalue weighted by molar-refractivity contribution is 5.95. The summed E-state index contributed by atoms with van der Waals surface area (Å²) >= 11 is 0. The first-order chi connectivity index (χ1) is 11.7. The molecule has 1 unspecified atom stereocenters. The average Bonchev–Trinajstić information content (AvgIpc) is 2.96. The van der Waals surface area contributed by atoms with Gasteiger partial charge in [-0.25, -0.2) is 9.78 Å². The van der Waals surface area contributed by atoms with Gasteiger partial charge in [-0.15, -0.1) is 0 Å². The number of rotatable bonds is 6. The average molecular weight is 348 g/mol. The van der Waals surface area contributed by atoms with Gasteiger partial charge in [-0.1, -0.05) is 6.92 Å². The molecule has 1 aromatic heterocycles. The fourth-order valence-electron chi connectivity index (χ4n) is 2.49. The van der Waals surface area contributed by atoms with Crippen LogP contribution in [0.4, 0.5) is 16.3 Å². The Morgan fingerprint density at radius 2 is 2.12 bits per heavy atom. The van der Waals surface area contributed by atoms with Crippen molar-refractivity contribution in [1.29, 1.82) is 0 Å². The Morgan fingerprint density at radius 1 is 1.36 bits per heavy atom. The molecule has 1 saturated heterocycles. The van der Waals surface area contributed by atoms with Crippen molar-refractivity contribution in [2.75, 3.05) is 29.9 Å². The molecule has 2 heterocycles. The third-order valence-electron chi connectivity index (χ3n) is 3.76. The van der Waals surface area contributed by atoms with Crippen molar-refractivity contribution in [3.8, 4) is 0 Å². The normalized spacial score (nSPS) is 15.8. The standard InChI is InChI=1S/C18H28N4O3/c1-13(11-21-17(24)25-18(2,3)4)10-19-15-8-7-14(12-20-15)22-9-5-6-16(22)23/h7-8,12-13H,5-6,9-11H2,1-4H3,(H,19,20)(H,21,24). The third-order valence-corrected chi connectivity index (χ3v) is 3.76. The van der Waals surface area contributed by atoms with Gasteiger partial charge < -0.3 is 20.3 Å². The van der Waals surface area contributed by atoms with Gasteiger partial charge in [-0.05, 0) is 45.2 Å². The van der Waals surface area contributed by atoms with Crippen LogP contribution in [-0.2, 0) is 9.53 Å². The SMILES string of the molecule is CC(CNC(=O)OC(C)(C)C)CNc1ccc(N2CCCC2=O)cn1. The highest BCUT2D eigenvalue weighted by Crippen LogP contribution is 2.21. The Labute approximate surface area is 149 Å². The van der Waals surface area contributed by atoms with E-state index >= 15 is 0 Å². The van der Waals surface area contributed by atoms with Crippen molar-refractivity contribution >= 4 is 23.5 Å². The molecule has 7 nitrogen and oxygen atoms in total. The molecule has 0 aliphatic carbocycles. The summed E-state index contributed by atoms with van der Waals surface area (Å²) in [4.78, 5) is 29.5. The number of nitrogens with zero attached hydrogens (tertiary/aromatic N) is 2. The quantitative estimate of drug-likeness (QED) is 0.826. The number of aromatic nitrogens is 1. The van der Waals surface area contributed by atoms with E-state index in [0.717, 1.165) is 24.5 Å². The minimum atomic E-state index is -0.492. The van der Waals surface area contributed by atoms with Crippen molar-refractivity contribution in [3.05, 3.63) is 18.3 Å². The zero-order chi connectivity index (χ0) is 18.4. The van der Waals surface area contributed by atoms with Crippen LogP contribution in [0.2, 0.25) is 0 Å². The summed E-state index contributed by atoms with van der Waals surface area (Å²) in [5, 5.41) is 6.00. The monoisotopic (exact) mass is 348 g/mol. The molecule has 1 fully saturated rings. The summed E-state index contributed by atoms with van der Waals surface area (Å²) in [6.45, 7) is 9.49. The summed E-state index contributed by atoms with van der Waals surface area (Å²) < 4.78 is 5.21. The van der Waals surface area contributed by atoms with Crippen LogP contribution in [0.1, 0.15) is 40.5 Å². The molecule has 1 aliphatic heterocycles. The third kappa shape index (κ3) is 6.25. The maximum Gasteiger partial charge on any atom is 0.407 e. The van der Waals surface area contributed by atoms with Gasteiger partial charge >= 0.3 is 6.09 Å². The van der Waals surface area contributed by atoms with Crippen molar-refractivity contribution in [1.82, 2.24) is 10.3 Å². The predicted molar refractivity (Wildman–Crippen MR) is 97.7 cm³/mol. The van der Waals surface area contributed by atoms with Crippen molar-refractivity contribution in [2.45, 2.75) is 46.1 Å². The van der Waals surface area contributed by atoms with E-state index in [1.165, 1.54) is 0 Å². The Bertz CT molecular complexity index is 595. The van der Waals surface area contributed by atoms with E-state index in [1.807, 2.05) is 39.8 Å². The van der Waals surface area contributed by atoms with E-state index in [-0.39, 0.29) is 11.8 Å². The molecule has 2 N–H and O–H groups in total. The van der Waals surface area contributed by atoms with Crippen LogP contribution in [0, 0.1) is 5.92 Å². The lowest BCUT2D eigenvalue weighted by molar-refractivity contribution is -0.117. The van der Waals surface area contributed by atoms with Crippen LogP contribution in [-0.4, -0.2) is 42.2 Å². The molecule has 0 spiro atoms. The molecule has 1 aromatic rings. The van der Waals surface area contributed by atoms with Gasteiger partial charge in [0, 0.05) is 26.1 Å². The summed E-state index contributed by atoms with van der Waals surface area (Å²) in [6.07, 6.45) is 2.83. The molecule has 0 radical (unpaired) electrons. The van der Waals surface area contributed by atoms with Crippen LogP contribution in [0.15, 0.2) is 18.3 Å². The lowest BCUT2D eigenvalue weighted by Crippen LogP contribution is -2.36. The number of hydrogen-bond donors (Lipinski definition) is 2. The van der Waals surface area contributed by atoms with Gasteiger partial charge in [0.15, 0.2) is 0 Å². The van der Waals surface area contributed by atoms with E-state index in [1.54, 1.807) is 11.1 Å². The number of carbonyl (C=O) groups is 2. The maximum absolute atomic E-state index is 11.7. The summed E-state index contributed by atoms with van der Waals surface area (Å²) in [5.74, 6) is 1.12. The first-order valence-corrected chi connectivity index (χ1v) is 8.72. The molecule has 1 atom stereocenters. The van der Waals surface area contributed by atoms with E-state index in [4.69, 9.17) is 4.74 Å². The van der Waals surface area contributed by atoms with Crippen LogP contribution in [0.3, 0.4) is 0 Å². The summed E-state index contributed by atoms with van der Waals surface area (Å²) in [6, 6.07) is 3.77. The second-order valence-electron chi connectivity index (χ2n) is 7.42. The fraction of sp³-hybridized carbons (Fsp3) is 0.611. The van der Waals surface area contributed by atoms with Gasteiger partial charge in [0.2, 0.25) is 5.91 Å². The molecule has 1 aliphatic rings. The van der Waals surface area contributed by atoms with E-state index in [9.17, 15) is 9.59 Å². The minimum Gasteiger partial charge on any atom is -0.444 e. The second-order valence-corrected chi connectivity index (χ2v) is 7.42. The highest BCUT2D eigenvalue weighted by atomic mass is 16.6. The number of nitrogens with one attached hydrogen (secondary N) is 2. The lowest BCUT2D eigenvalue weighted by Gasteiger charge is -2.21. The van der Waals surface area contributed by atoms with Gasteiger partial charge in [-0.3, -0.25) is 4.79 Å². The number of ether oxygens (including phenoxy) is 1. The molecular weight excluding hydrogens is 320 g/mol. The Kier molecular flexibility index (Phi) is 6.22. The molecule has 25 heavy (non-hydrogen) atoms. The number of carbonyl (C=O) groups excluding carboxylic acids is 2. The molecular formula is C18H28N4O3. The maximum atomic E-state index is 11.7. The molecule has 138 valence electrons. The first kappa shape index (κ1) is 19.0. The Morgan fingerprint density at radius 3 is 2.68 bits per heavy atom. The van der Waals surface area contributed by atoms with Crippen LogP contribution in [0.25, 0.3) is 0 Å². The minimum absolute atomic E-state index is 0.157. The van der Waals surface area contributed by atoms with Gasteiger partial charge in [0.1, 0.15) is 11.4 Å². The summed E-state index contributed by atoms with van der Waals surface area (Å²) in [7, 11) is 0. The topological polar surface area (TPSA) is 83.6 Å². The van der Waals surface area contributed by atoms with Crippen LogP contribution >= 0.6 is 0 Å². The van der Waals surface area contributed by atoms with Gasteiger partial charge in [0.25, 0.3) is 0 Å². The zero-order valence-corrected chi connectivity index (χ0v) is 15.5. The smallest absolute Gasteiger partial charge is 0.407 e. The number of amides is 2. The molecule has 0 saturated carbocycles. The molecule has 2 rings (SSSR count). The van der Waals surface area contributed by atoms with Crippen LogP contribution < -0.4 is 15.5 Å². The predicted octanol–water partition coefficient (Wildman–Crippen LogP) is 2.78. The van der Waals surface area contributed by atoms with Crippen molar-refractivity contribution < 1.29 is 14.3 Å². The Balaban J connectivity index is 1.73. The van der Waals surface area contributed by atoms with E-state index in [0.29, 0.717) is 19.5 Å². The van der Waals surface area contributed by atoms with Gasteiger partial charge in [0.05, 0.1) is 11.9 Å². The zero-order valence-electron chi connectivity index (χ0n) is 15.5. The van der Waals surface area contributed by atoms with Gasteiger partial charge in [-0.2, -0.15) is 0 Å². The van der Waals surface area contributed by atoms with E-state index < -0.39 is 11.7 Å². The largest absolute Gasteiger partial charge is 0.444 e. The molecule has 0 bridgehead atoms. The fourth-order valence-corrected chi connectivity index (χ4v) is 2.49.